The summed E-state index contributed by atoms with van der Waals surface area (Å²) in [7, 11) is -2.10. The quantitative estimate of drug-likeness (QED) is 0.228. The molecule has 178 valence electrons. The second-order valence-electron chi connectivity index (χ2n) is 9.50. The maximum Gasteiger partial charge on any atom is 0.194 e. The normalized spacial score (nSPS) is 12.5. The highest BCUT2D eigenvalue weighted by Gasteiger charge is 2.50. The molecule has 2 heteroatoms. The van der Waals surface area contributed by atoms with Crippen LogP contribution in [0.5, 0.6) is 0 Å². The summed E-state index contributed by atoms with van der Waals surface area (Å²) in [6.45, 7) is 2.36. The van der Waals surface area contributed by atoms with Gasteiger partial charge in [-0.05, 0) is 65.7 Å². The molecule has 6 aromatic carbocycles. The van der Waals surface area contributed by atoms with Crippen molar-refractivity contribution in [1.29, 1.82) is 0 Å². The minimum absolute atomic E-state index is 0.0880. The Morgan fingerprint density at radius 3 is 1.51 bits per heavy atom. The van der Waals surface area contributed by atoms with Gasteiger partial charge in [-0.2, -0.15) is 0 Å². The molecule has 0 aliphatic rings. The van der Waals surface area contributed by atoms with E-state index in [0.29, 0.717) is 0 Å². The van der Waals surface area contributed by atoms with Gasteiger partial charge in [-0.3, -0.25) is 4.79 Å². The third-order valence-electron chi connectivity index (χ3n) is 7.52. The van der Waals surface area contributed by atoms with E-state index >= 15 is 0 Å². The summed E-state index contributed by atoms with van der Waals surface area (Å²) < 4.78 is 0. The molecule has 6 aromatic rings. The number of rotatable bonds is 5. The van der Waals surface area contributed by atoms with Gasteiger partial charge in [0.2, 0.25) is 0 Å². The molecule has 37 heavy (non-hydrogen) atoms. The zero-order valence-corrected chi connectivity index (χ0v) is 21.7. The van der Waals surface area contributed by atoms with Gasteiger partial charge in [0.15, 0.2) is 5.43 Å². The summed E-state index contributed by atoms with van der Waals surface area (Å²) in [6.07, 6.45) is 0. The topological polar surface area (TPSA) is 17.1 Å². The smallest absolute Gasteiger partial charge is 0.194 e. The second-order valence-corrected chi connectivity index (χ2v) is 13.3. The minimum Gasteiger partial charge on any atom is -0.289 e. The molecule has 0 fully saturated rings. The molecule has 0 N–H and O–H groups in total. The first-order chi connectivity index (χ1) is 18.2. The van der Waals surface area contributed by atoms with Crippen LogP contribution in [0.2, 0.25) is 0 Å². The third kappa shape index (κ3) is 3.97. The fourth-order valence-electron chi connectivity index (χ4n) is 5.69. The Morgan fingerprint density at radius 1 is 0.486 bits per heavy atom. The van der Waals surface area contributed by atoms with Crippen molar-refractivity contribution < 1.29 is 0 Å². The molecule has 0 saturated carbocycles. The third-order valence-corrected chi connectivity index (χ3v) is 12.3. The molecule has 0 saturated heterocycles. The average molecular weight is 496 g/mol. The summed E-state index contributed by atoms with van der Waals surface area (Å²) >= 11 is 0. The molecule has 6 rings (SSSR count). The van der Waals surface area contributed by atoms with E-state index in [9.17, 15) is 4.79 Å². The molecular weight excluding hydrogens is 467 g/mol. The van der Waals surface area contributed by atoms with E-state index in [-0.39, 0.29) is 11.1 Å². The molecule has 0 aromatic heterocycles. The van der Waals surface area contributed by atoms with Crippen molar-refractivity contribution in [3.05, 3.63) is 161 Å². The van der Waals surface area contributed by atoms with Crippen LogP contribution >= 0.6 is 7.26 Å². The van der Waals surface area contributed by atoms with E-state index < -0.39 is 7.26 Å². The minimum atomic E-state index is -2.10. The lowest BCUT2D eigenvalue weighted by Crippen LogP contribution is -2.34. The fourth-order valence-corrected chi connectivity index (χ4v) is 10.5. The molecule has 0 spiro atoms. The second kappa shape index (κ2) is 9.77. The highest BCUT2D eigenvalue weighted by molar-refractivity contribution is 7.95. The number of fused-ring (bicyclic) bond motifs is 2. The summed E-state index contributed by atoms with van der Waals surface area (Å²) in [6, 6.07) is 51.4. The summed E-state index contributed by atoms with van der Waals surface area (Å²) in [5.41, 5.74) is 1.52. The predicted octanol–water partition coefficient (Wildman–Crippen LogP) is 7.41. The predicted molar refractivity (Wildman–Crippen MR) is 161 cm³/mol. The van der Waals surface area contributed by atoms with E-state index in [1.54, 1.807) is 0 Å². The van der Waals surface area contributed by atoms with Gasteiger partial charge in [-0.15, -0.1) is 0 Å². The molecule has 0 amide bonds. The first-order valence-corrected chi connectivity index (χ1v) is 14.6. The van der Waals surface area contributed by atoms with Crippen molar-refractivity contribution in [1.82, 2.24) is 0 Å². The molecule has 1 unspecified atom stereocenters. The molecule has 0 aliphatic carbocycles. The first kappa shape index (κ1) is 23.3. The van der Waals surface area contributed by atoms with Gasteiger partial charge in [0.1, 0.15) is 28.8 Å². The van der Waals surface area contributed by atoms with Gasteiger partial charge in [0.05, 0.1) is 0 Å². The van der Waals surface area contributed by atoms with E-state index in [4.69, 9.17) is 0 Å². The van der Waals surface area contributed by atoms with Crippen molar-refractivity contribution in [3.8, 4) is 0 Å². The van der Waals surface area contributed by atoms with Crippen molar-refractivity contribution in [2.75, 3.05) is 0 Å². The first-order valence-electron chi connectivity index (χ1n) is 12.7. The Morgan fingerprint density at radius 2 is 0.946 bits per heavy atom. The SMILES string of the molecule is CC(c1ccc2c(=O)c3ccccc3ccc2c1)[P+](c1ccccc1)(c1ccccc1)c1ccccc1. The lowest BCUT2D eigenvalue weighted by molar-refractivity contribution is 1.08. The van der Waals surface area contributed by atoms with Crippen LogP contribution in [0.1, 0.15) is 18.1 Å². The Labute approximate surface area is 218 Å². The van der Waals surface area contributed by atoms with Crippen LogP contribution in [0, 0.1) is 0 Å². The summed E-state index contributed by atoms with van der Waals surface area (Å²) in [4.78, 5) is 13.4. The number of benzene rings is 5. The Bertz CT molecular complexity index is 1650. The molecule has 0 heterocycles. The van der Waals surface area contributed by atoms with E-state index in [0.717, 1.165) is 21.5 Å². The van der Waals surface area contributed by atoms with Crippen LogP contribution in [0.15, 0.2) is 150 Å². The average Bonchev–Trinajstić information content (AvgIpc) is 3.11. The Balaban J connectivity index is 1.64. The van der Waals surface area contributed by atoms with Crippen LogP contribution < -0.4 is 21.3 Å². The molecular formula is C35H28OP+. The highest BCUT2D eigenvalue weighted by atomic mass is 31.2. The number of hydrogen-bond donors (Lipinski definition) is 0. The van der Waals surface area contributed by atoms with Gasteiger partial charge in [-0.25, -0.2) is 0 Å². The molecule has 1 atom stereocenters. The summed E-state index contributed by atoms with van der Waals surface area (Å²) in [5.74, 6) is 0. The van der Waals surface area contributed by atoms with E-state index in [2.05, 4.69) is 122 Å². The van der Waals surface area contributed by atoms with Gasteiger partial charge >= 0.3 is 0 Å². The lowest BCUT2D eigenvalue weighted by Gasteiger charge is -2.33. The Kier molecular flexibility index (Phi) is 6.16. The molecule has 0 radical (unpaired) electrons. The van der Waals surface area contributed by atoms with Crippen LogP contribution in [-0.4, -0.2) is 0 Å². The van der Waals surface area contributed by atoms with Gasteiger partial charge < -0.3 is 0 Å². The zero-order chi connectivity index (χ0) is 25.2. The lowest BCUT2D eigenvalue weighted by atomic mass is 10.1. The monoisotopic (exact) mass is 495 g/mol. The number of hydrogen-bond acceptors (Lipinski definition) is 1. The zero-order valence-electron chi connectivity index (χ0n) is 20.8. The van der Waals surface area contributed by atoms with Crippen LogP contribution in [0.25, 0.3) is 21.5 Å². The van der Waals surface area contributed by atoms with Gasteiger partial charge in [-0.1, -0.05) is 103 Å². The fraction of sp³-hybridized carbons (Fsp3) is 0.0571. The maximum absolute atomic E-state index is 13.4. The highest BCUT2D eigenvalue weighted by Crippen LogP contribution is 2.66. The molecule has 0 bridgehead atoms. The van der Waals surface area contributed by atoms with Crippen LogP contribution in [0.4, 0.5) is 0 Å². The molecule has 1 nitrogen and oxygen atoms in total. The molecule has 0 aliphatic heterocycles. The van der Waals surface area contributed by atoms with Crippen LogP contribution in [0.3, 0.4) is 0 Å². The summed E-state index contributed by atoms with van der Waals surface area (Å²) in [5, 5.41) is 7.55. The van der Waals surface area contributed by atoms with Gasteiger partial charge in [0, 0.05) is 10.8 Å². The van der Waals surface area contributed by atoms with E-state index in [1.165, 1.54) is 21.5 Å². The van der Waals surface area contributed by atoms with Crippen molar-refractivity contribution in [2.45, 2.75) is 12.6 Å². The van der Waals surface area contributed by atoms with Crippen molar-refractivity contribution >= 4 is 44.7 Å². The van der Waals surface area contributed by atoms with Crippen LogP contribution in [-0.2, 0) is 0 Å². The largest absolute Gasteiger partial charge is 0.289 e. The van der Waals surface area contributed by atoms with Gasteiger partial charge in [0.25, 0.3) is 0 Å². The maximum atomic E-state index is 13.4. The van der Waals surface area contributed by atoms with Crippen molar-refractivity contribution in [3.63, 3.8) is 0 Å². The Hall–Kier alpha value is -4.06. The van der Waals surface area contributed by atoms with E-state index in [1.807, 2.05) is 30.3 Å². The van der Waals surface area contributed by atoms with Crippen molar-refractivity contribution in [2.24, 2.45) is 0 Å². The standard InChI is InChI=1S/C35H28OP/c1-26(28-23-24-34-29(25-28)22-21-27-13-11-12-20-33(27)35(34)36)37(30-14-5-2-6-15-30,31-16-7-3-8-17-31)32-18-9-4-10-19-32/h2-26H,1H3/q+1.